The second kappa shape index (κ2) is 2.63. The Balaban J connectivity index is 2.07. The molecule has 1 saturated carbocycles. The zero-order valence-corrected chi connectivity index (χ0v) is 8.30. The third-order valence-corrected chi connectivity index (χ3v) is 3.53. The number of fused-ring (bicyclic) bond motifs is 3. The Morgan fingerprint density at radius 1 is 1.67 bits per heavy atom. The predicted molar refractivity (Wildman–Crippen MR) is 51.1 cm³/mol. The van der Waals surface area contributed by atoms with Crippen molar-refractivity contribution in [2.24, 2.45) is 5.92 Å². The van der Waals surface area contributed by atoms with Crippen LogP contribution in [-0.4, -0.2) is 23.9 Å². The maximum atomic E-state index is 11.9. The molecule has 1 aromatic heterocycles. The van der Waals surface area contributed by atoms with E-state index in [1.165, 1.54) is 0 Å². The Labute approximate surface area is 87.1 Å². The summed E-state index contributed by atoms with van der Waals surface area (Å²) in [7, 11) is 1.76. The Kier molecular flexibility index (Phi) is 1.50. The first-order chi connectivity index (χ1) is 7.24. The number of furan rings is 1. The van der Waals surface area contributed by atoms with Gasteiger partial charge in [0.15, 0.2) is 0 Å². The standard InChI is InChI=1S/C11H10N2O2/c1-13-9-6(5-12)4-8(9)10-7(11(13)14)2-3-15-10/h2-3,6,8-9H,4H2,1H3/t6-,8+,9-/m1/s1. The van der Waals surface area contributed by atoms with Gasteiger partial charge in [0.1, 0.15) is 5.76 Å². The number of nitriles is 1. The number of hydrogen-bond acceptors (Lipinski definition) is 3. The lowest BCUT2D eigenvalue weighted by atomic mass is 9.66. The molecule has 4 heteroatoms. The van der Waals surface area contributed by atoms with Crippen LogP contribution in [0.25, 0.3) is 0 Å². The van der Waals surface area contributed by atoms with Crippen LogP contribution in [0.2, 0.25) is 0 Å². The van der Waals surface area contributed by atoms with Gasteiger partial charge in [-0.15, -0.1) is 0 Å². The second-order valence-electron chi connectivity index (χ2n) is 4.18. The molecule has 0 bridgehead atoms. The van der Waals surface area contributed by atoms with Crippen molar-refractivity contribution in [2.75, 3.05) is 7.05 Å². The average Bonchev–Trinajstić information content (AvgIpc) is 2.63. The Morgan fingerprint density at radius 3 is 3.20 bits per heavy atom. The van der Waals surface area contributed by atoms with Gasteiger partial charge in [-0.05, 0) is 12.5 Å². The Hall–Kier alpha value is -1.76. The van der Waals surface area contributed by atoms with Gasteiger partial charge in [-0.2, -0.15) is 5.26 Å². The highest BCUT2D eigenvalue weighted by atomic mass is 16.3. The fraction of sp³-hybridized carbons (Fsp3) is 0.455. The Morgan fingerprint density at radius 2 is 2.47 bits per heavy atom. The summed E-state index contributed by atoms with van der Waals surface area (Å²) in [5, 5.41) is 8.91. The molecule has 3 atom stereocenters. The van der Waals surface area contributed by atoms with Gasteiger partial charge in [0.2, 0.25) is 0 Å². The van der Waals surface area contributed by atoms with Crippen molar-refractivity contribution in [3.63, 3.8) is 0 Å². The summed E-state index contributed by atoms with van der Waals surface area (Å²) >= 11 is 0. The van der Waals surface area contributed by atoms with Crippen LogP contribution < -0.4 is 0 Å². The van der Waals surface area contributed by atoms with Crippen LogP contribution in [0.5, 0.6) is 0 Å². The monoisotopic (exact) mass is 202 g/mol. The molecule has 76 valence electrons. The summed E-state index contributed by atoms with van der Waals surface area (Å²) in [5.41, 5.74) is 0.662. The molecule has 0 N–H and O–H groups in total. The van der Waals surface area contributed by atoms with E-state index in [0.29, 0.717) is 5.56 Å². The third-order valence-electron chi connectivity index (χ3n) is 3.53. The first kappa shape index (κ1) is 8.54. The molecule has 1 aromatic rings. The number of amides is 1. The summed E-state index contributed by atoms with van der Waals surface area (Å²) in [5.74, 6) is 0.930. The van der Waals surface area contributed by atoms with Gasteiger partial charge in [-0.1, -0.05) is 0 Å². The van der Waals surface area contributed by atoms with E-state index in [1.54, 1.807) is 24.3 Å². The molecular formula is C11H10N2O2. The minimum Gasteiger partial charge on any atom is -0.468 e. The number of nitrogens with zero attached hydrogens (tertiary/aromatic N) is 2. The lowest BCUT2D eigenvalue weighted by Crippen LogP contribution is -2.55. The van der Waals surface area contributed by atoms with Gasteiger partial charge >= 0.3 is 0 Å². The molecule has 1 fully saturated rings. The first-order valence-electron chi connectivity index (χ1n) is 4.98. The zero-order valence-electron chi connectivity index (χ0n) is 8.30. The molecule has 4 nitrogen and oxygen atoms in total. The number of likely N-dealkylation sites (N-methyl/N-ethyl adjacent to an activating group) is 1. The lowest BCUT2D eigenvalue weighted by molar-refractivity contribution is 0.0381. The van der Waals surface area contributed by atoms with Crippen molar-refractivity contribution < 1.29 is 9.21 Å². The molecule has 0 unspecified atom stereocenters. The first-order valence-corrected chi connectivity index (χ1v) is 4.98. The van der Waals surface area contributed by atoms with E-state index in [0.717, 1.165) is 12.2 Å². The molecule has 2 aliphatic rings. The molecule has 3 rings (SSSR count). The van der Waals surface area contributed by atoms with Gasteiger partial charge < -0.3 is 9.32 Å². The van der Waals surface area contributed by atoms with Crippen molar-refractivity contribution >= 4 is 5.91 Å². The van der Waals surface area contributed by atoms with E-state index in [4.69, 9.17) is 9.68 Å². The minimum atomic E-state index is -0.0396. The van der Waals surface area contributed by atoms with E-state index >= 15 is 0 Å². The van der Waals surface area contributed by atoms with Crippen molar-refractivity contribution in [2.45, 2.75) is 18.4 Å². The fourth-order valence-electron chi connectivity index (χ4n) is 2.68. The number of rotatable bonds is 0. The van der Waals surface area contributed by atoms with E-state index in [9.17, 15) is 4.79 Å². The van der Waals surface area contributed by atoms with Crippen LogP contribution in [0.3, 0.4) is 0 Å². The van der Waals surface area contributed by atoms with E-state index in [1.807, 2.05) is 0 Å². The number of hydrogen-bond donors (Lipinski definition) is 0. The molecule has 0 saturated heterocycles. The van der Waals surface area contributed by atoms with Crippen molar-refractivity contribution in [1.82, 2.24) is 4.90 Å². The van der Waals surface area contributed by atoms with Crippen molar-refractivity contribution in [3.05, 3.63) is 23.7 Å². The topological polar surface area (TPSA) is 57.2 Å². The van der Waals surface area contributed by atoms with E-state index in [-0.39, 0.29) is 23.8 Å². The summed E-state index contributed by atoms with van der Waals surface area (Å²) < 4.78 is 5.34. The number of carbonyl (C=O) groups is 1. The lowest BCUT2D eigenvalue weighted by Gasteiger charge is -2.48. The maximum absolute atomic E-state index is 11.9. The minimum absolute atomic E-state index is 0.0150. The van der Waals surface area contributed by atoms with E-state index in [2.05, 4.69) is 6.07 Å². The van der Waals surface area contributed by atoms with Crippen molar-refractivity contribution in [1.29, 1.82) is 5.26 Å². The molecule has 2 heterocycles. The quantitative estimate of drug-likeness (QED) is 0.638. The van der Waals surface area contributed by atoms with Gasteiger partial charge in [-0.3, -0.25) is 4.79 Å². The molecule has 0 radical (unpaired) electrons. The summed E-state index contributed by atoms with van der Waals surface area (Å²) in [6.07, 6.45) is 2.36. The van der Waals surface area contributed by atoms with Crippen LogP contribution in [0.1, 0.15) is 28.5 Å². The van der Waals surface area contributed by atoms with Crippen LogP contribution in [0.15, 0.2) is 16.7 Å². The van der Waals surface area contributed by atoms with Crippen LogP contribution >= 0.6 is 0 Å². The van der Waals surface area contributed by atoms with Gasteiger partial charge in [-0.25, -0.2) is 0 Å². The van der Waals surface area contributed by atoms with Gasteiger partial charge in [0.05, 0.1) is 29.9 Å². The summed E-state index contributed by atoms with van der Waals surface area (Å²) in [4.78, 5) is 13.6. The van der Waals surface area contributed by atoms with Gasteiger partial charge in [0, 0.05) is 13.0 Å². The van der Waals surface area contributed by atoms with Crippen LogP contribution in [-0.2, 0) is 0 Å². The predicted octanol–water partition coefficient (Wildman–Crippen LogP) is 1.36. The zero-order chi connectivity index (χ0) is 10.6. The Bertz CT molecular complexity index is 471. The molecule has 0 aromatic carbocycles. The van der Waals surface area contributed by atoms with Gasteiger partial charge in [0.25, 0.3) is 5.91 Å². The highest BCUT2D eigenvalue weighted by Gasteiger charge is 2.52. The molecule has 15 heavy (non-hydrogen) atoms. The molecule has 1 amide bonds. The summed E-state index contributed by atoms with van der Waals surface area (Å²) in [6, 6.07) is 3.97. The third kappa shape index (κ3) is 0.878. The van der Waals surface area contributed by atoms with Crippen molar-refractivity contribution in [3.8, 4) is 6.07 Å². The normalized spacial score (nSPS) is 32.7. The van der Waals surface area contributed by atoms with Crippen LogP contribution in [0, 0.1) is 17.2 Å². The molecule has 0 spiro atoms. The SMILES string of the molecule is CN1C(=O)c2ccoc2[C@H]2C[C@H](C#N)[C@H]21. The molecule has 1 aliphatic carbocycles. The maximum Gasteiger partial charge on any atom is 0.257 e. The number of carbonyl (C=O) groups excluding carboxylic acids is 1. The summed E-state index contributed by atoms with van der Waals surface area (Å²) in [6.45, 7) is 0. The highest BCUT2D eigenvalue weighted by Crippen LogP contribution is 2.48. The molecular weight excluding hydrogens is 192 g/mol. The molecule has 1 aliphatic heterocycles. The highest BCUT2D eigenvalue weighted by molar-refractivity contribution is 5.97. The van der Waals surface area contributed by atoms with E-state index < -0.39 is 0 Å². The smallest absolute Gasteiger partial charge is 0.257 e. The average molecular weight is 202 g/mol. The largest absolute Gasteiger partial charge is 0.468 e. The van der Waals surface area contributed by atoms with Crippen LogP contribution in [0.4, 0.5) is 0 Å². The fourth-order valence-corrected chi connectivity index (χ4v) is 2.68. The second-order valence-corrected chi connectivity index (χ2v) is 4.18.